The van der Waals surface area contributed by atoms with Gasteiger partial charge in [-0.3, -0.25) is 9.59 Å². The Morgan fingerprint density at radius 3 is 2.32 bits per heavy atom. The van der Waals surface area contributed by atoms with Crippen molar-refractivity contribution in [3.05, 3.63) is 29.8 Å². The molecule has 0 spiro atoms. The molecule has 4 nitrogen and oxygen atoms in total. The molecule has 0 aliphatic heterocycles. The maximum Gasteiger partial charge on any atom is 0.303 e. The van der Waals surface area contributed by atoms with Crippen LogP contribution in [0.3, 0.4) is 0 Å². The van der Waals surface area contributed by atoms with Gasteiger partial charge in [0.15, 0.2) is 0 Å². The van der Waals surface area contributed by atoms with Crippen molar-refractivity contribution >= 4 is 23.6 Å². The minimum Gasteiger partial charge on any atom is -0.481 e. The largest absolute Gasteiger partial charge is 0.481 e. The number of benzene rings is 1. The smallest absolute Gasteiger partial charge is 0.303 e. The molecule has 0 saturated carbocycles. The van der Waals surface area contributed by atoms with E-state index >= 15 is 0 Å². The van der Waals surface area contributed by atoms with Gasteiger partial charge in [-0.2, -0.15) is 0 Å². The number of carboxylic acids is 1. The van der Waals surface area contributed by atoms with Crippen LogP contribution in [0.2, 0.25) is 0 Å². The molecule has 0 fully saturated rings. The number of amides is 1. The lowest BCUT2D eigenvalue weighted by Gasteiger charge is -2.19. The highest BCUT2D eigenvalue weighted by Crippen LogP contribution is 2.25. The molecule has 0 aliphatic carbocycles. The highest BCUT2D eigenvalue weighted by Gasteiger charge is 2.13. The lowest BCUT2D eigenvalue weighted by Crippen LogP contribution is -2.34. The molecular formula is C17H25NO3S. The number of nitrogens with one attached hydrogen (secondary N) is 1. The van der Waals surface area contributed by atoms with Crippen molar-refractivity contribution in [2.45, 2.75) is 56.9 Å². The van der Waals surface area contributed by atoms with Crippen LogP contribution in [0.15, 0.2) is 29.2 Å². The van der Waals surface area contributed by atoms with E-state index in [-0.39, 0.29) is 23.8 Å². The van der Waals surface area contributed by atoms with Gasteiger partial charge in [-0.1, -0.05) is 32.9 Å². The molecule has 122 valence electrons. The molecule has 0 aliphatic rings. The summed E-state index contributed by atoms with van der Waals surface area (Å²) in [6.07, 6.45) is 0.523. The Morgan fingerprint density at radius 2 is 1.82 bits per heavy atom. The van der Waals surface area contributed by atoms with Gasteiger partial charge in [0, 0.05) is 17.4 Å². The first-order valence-corrected chi connectivity index (χ1v) is 8.41. The van der Waals surface area contributed by atoms with Crippen LogP contribution >= 0.6 is 11.8 Å². The molecule has 1 atom stereocenters. The third-order valence-corrected chi connectivity index (χ3v) is 4.30. The van der Waals surface area contributed by atoms with E-state index in [0.29, 0.717) is 12.2 Å². The first-order valence-electron chi connectivity index (χ1n) is 7.43. The molecule has 0 heterocycles. The summed E-state index contributed by atoms with van der Waals surface area (Å²) in [7, 11) is 0. The van der Waals surface area contributed by atoms with E-state index in [0.717, 1.165) is 4.90 Å². The van der Waals surface area contributed by atoms with Crippen LogP contribution in [-0.2, 0) is 15.0 Å². The molecule has 1 rings (SSSR count). The van der Waals surface area contributed by atoms with E-state index in [1.165, 1.54) is 17.3 Å². The summed E-state index contributed by atoms with van der Waals surface area (Å²) in [5.41, 5.74) is 1.39. The number of hydrogen-bond donors (Lipinski definition) is 2. The number of carboxylic acid groups (broad SMARTS) is 1. The number of carbonyl (C=O) groups is 2. The molecule has 0 aromatic heterocycles. The molecule has 1 aromatic carbocycles. The van der Waals surface area contributed by atoms with E-state index in [1.54, 1.807) is 0 Å². The van der Waals surface area contributed by atoms with Crippen molar-refractivity contribution in [3.63, 3.8) is 0 Å². The quantitative estimate of drug-likeness (QED) is 0.754. The van der Waals surface area contributed by atoms with Gasteiger partial charge in [0.25, 0.3) is 0 Å². The van der Waals surface area contributed by atoms with Crippen LogP contribution in [0, 0.1) is 0 Å². The van der Waals surface area contributed by atoms with Crippen LogP contribution in [-0.4, -0.2) is 28.8 Å². The number of aliphatic carboxylic acids is 1. The fourth-order valence-electron chi connectivity index (χ4n) is 1.93. The molecule has 0 saturated heterocycles. The second-order valence-electron chi connectivity index (χ2n) is 6.46. The van der Waals surface area contributed by atoms with Gasteiger partial charge in [-0.05, 0) is 36.5 Å². The molecule has 1 unspecified atom stereocenters. The highest BCUT2D eigenvalue weighted by molar-refractivity contribution is 8.00. The lowest BCUT2D eigenvalue weighted by molar-refractivity contribution is -0.137. The summed E-state index contributed by atoms with van der Waals surface area (Å²) in [6, 6.07) is 8.14. The zero-order valence-corrected chi connectivity index (χ0v) is 14.5. The Kier molecular flexibility index (Phi) is 6.94. The lowest BCUT2D eigenvalue weighted by atomic mass is 9.87. The van der Waals surface area contributed by atoms with Crippen LogP contribution < -0.4 is 5.32 Å². The first-order chi connectivity index (χ1) is 10.2. The van der Waals surface area contributed by atoms with Crippen molar-refractivity contribution in [1.29, 1.82) is 0 Å². The Morgan fingerprint density at radius 1 is 1.23 bits per heavy atom. The molecule has 0 radical (unpaired) electrons. The van der Waals surface area contributed by atoms with Gasteiger partial charge in [0.05, 0.1) is 5.75 Å². The number of rotatable bonds is 7. The van der Waals surface area contributed by atoms with Gasteiger partial charge < -0.3 is 10.4 Å². The topological polar surface area (TPSA) is 66.4 Å². The van der Waals surface area contributed by atoms with Crippen molar-refractivity contribution in [3.8, 4) is 0 Å². The average Bonchev–Trinajstić information content (AvgIpc) is 2.42. The molecule has 1 amide bonds. The van der Waals surface area contributed by atoms with Gasteiger partial charge in [0.1, 0.15) is 0 Å². The van der Waals surface area contributed by atoms with Crippen LogP contribution in [0.5, 0.6) is 0 Å². The van der Waals surface area contributed by atoms with Crippen molar-refractivity contribution in [1.82, 2.24) is 5.32 Å². The maximum atomic E-state index is 11.8. The van der Waals surface area contributed by atoms with E-state index in [9.17, 15) is 9.59 Å². The zero-order chi connectivity index (χ0) is 16.8. The second kappa shape index (κ2) is 8.22. The number of hydrogen-bond acceptors (Lipinski definition) is 3. The minimum absolute atomic E-state index is 0.0669. The molecular weight excluding hydrogens is 298 g/mol. The van der Waals surface area contributed by atoms with Gasteiger partial charge in [0.2, 0.25) is 5.91 Å². The van der Waals surface area contributed by atoms with E-state index < -0.39 is 5.97 Å². The van der Waals surface area contributed by atoms with Crippen LogP contribution in [0.25, 0.3) is 0 Å². The SMILES string of the molecule is CC(CCC(=O)O)NC(=O)CSc1ccc(C(C)(C)C)cc1. The fraction of sp³-hybridized carbons (Fsp3) is 0.529. The van der Waals surface area contributed by atoms with E-state index in [1.807, 2.05) is 19.1 Å². The summed E-state index contributed by atoms with van der Waals surface area (Å²) in [6.45, 7) is 8.33. The zero-order valence-electron chi connectivity index (χ0n) is 13.7. The van der Waals surface area contributed by atoms with Crippen LogP contribution in [0.1, 0.15) is 46.1 Å². The Balaban J connectivity index is 2.39. The third kappa shape index (κ3) is 6.98. The van der Waals surface area contributed by atoms with E-state index in [2.05, 4.69) is 38.2 Å². The number of thioether (sulfide) groups is 1. The van der Waals surface area contributed by atoms with Gasteiger partial charge >= 0.3 is 5.97 Å². The second-order valence-corrected chi connectivity index (χ2v) is 7.51. The number of carbonyl (C=O) groups excluding carboxylic acids is 1. The maximum absolute atomic E-state index is 11.8. The fourth-order valence-corrected chi connectivity index (χ4v) is 2.64. The molecule has 0 bridgehead atoms. The van der Waals surface area contributed by atoms with E-state index in [4.69, 9.17) is 5.11 Å². The predicted octanol–water partition coefficient (Wildman–Crippen LogP) is 3.45. The Hall–Kier alpha value is -1.49. The Labute approximate surface area is 136 Å². The van der Waals surface area contributed by atoms with Gasteiger partial charge in [-0.25, -0.2) is 0 Å². The average molecular weight is 323 g/mol. The summed E-state index contributed by atoms with van der Waals surface area (Å²) in [5, 5.41) is 11.4. The van der Waals surface area contributed by atoms with Crippen molar-refractivity contribution in [2.75, 3.05) is 5.75 Å². The normalized spacial score (nSPS) is 12.7. The third-order valence-electron chi connectivity index (χ3n) is 3.29. The molecule has 22 heavy (non-hydrogen) atoms. The van der Waals surface area contributed by atoms with Gasteiger partial charge in [-0.15, -0.1) is 11.8 Å². The molecule has 5 heteroatoms. The molecule has 2 N–H and O–H groups in total. The summed E-state index contributed by atoms with van der Waals surface area (Å²) < 4.78 is 0. The minimum atomic E-state index is -0.839. The predicted molar refractivity (Wildman–Crippen MR) is 90.3 cm³/mol. The summed E-state index contributed by atoms with van der Waals surface area (Å²) in [5.74, 6) is -0.566. The Bertz CT molecular complexity index is 506. The van der Waals surface area contributed by atoms with Crippen LogP contribution in [0.4, 0.5) is 0 Å². The highest BCUT2D eigenvalue weighted by atomic mass is 32.2. The summed E-state index contributed by atoms with van der Waals surface area (Å²) >= 11 is 1.49. The monoisotopic (exact) mass is 323 g/mol. The standard InChI is InChI=1S/C17H25NO3S/c1-12(5-10-16(20)21)18-15(19)11-22-14-8-6-13(7-9-14)17(2,3)4/h6-9,12H,5,10-11H2,1-4H3,(H,18,19)(H,20,21). The van der Waals surface area contributed by atoms with Crippen molar-refractivity contribution in [2.24, 2.45) is 0 Å². The van der Waals surface area contributed by atoms with Crippen molar-refractivity contribution < 1.29 is 14.7 Å². The first kappa shape index (κ1) is 18.6. The summed E-state index contributed by atoms with van der Waals surface area (Å²) in [4.78, 5) is 23.4. The molecule has 1 aromatic rings.